The van der Waals surface area contributed by atoms with Crippen LogP contribution in [0.5, 0.6) is 0 Å². The van der Waals surface area contributed by atoms with Crippen LogP contribution in [0.25, 0.3) is 0 Å². The molecular weight excluding hydrogens is 320 g/mol. The predicted octanol–water partition coefficient (Wildman–Crippen LogP) is 2.42. The first-order valence-corrected chi connectivity index (χ1v) is 11.1. The van der Waals surface area contributed by atoms with E-state index in [4.69, 9.17) is 5.11 Å². The molecule has 0 aromatic rings. The van der Waals surface area contributed by atoms with Gasteiger partial charge in [-0.25, -0.2) is 0 Å². The van der Waals surface area contributed by atoms with Crippen molar-refractivity contribution in [1.82, 2.24) is 0 Å². The van der Waals surface area contributed by atoms with Gasteiger partial charge in [-0.3, -0.25) is 0 Å². The second kappa shape index (κ2) is 3.70. The van der Waals surface area contributed by atoms with Gasteiger partial charge in [0.15, 0.2) is 0 Å². The van der Waals surface area contributed by atoms with Crippen molar-refractivity contribution >= 4 is 49.8 Å². The Hall–Kier alpha value is 1.62. The first-order chi connectivity index (χ1) is 3.48. The SMILES string of the molecule is CCC(O)[Si](Br)(Br)Br. The molecular formula is C3H7Br3OSi. The Balaban J connectivity index is 3.62. The average Bonchev–Trinajstić information content (AvgIpc) is 1.62. The Bertz CT molecular complexity index is 71.4. The Morgan fingerprint density at radius 3 is 1.88 bits per heavy atom. The second-order valence-electron chi connectivity index (χ2n) is 1.47. The zero-order valence-corrected chi connectivity index (χ0v) is 10.1. The lowest BCUT2D eigenvalue weighted by Crippen LogP contribution is -2.28. The summed E-state index contributed by atoms with van der Waals surface area (Å²) in [5.41, 5.74) is -0.262. The predicted molar refractivity (Wildman–Crippen MR) is 48.8 cm³/mol. The zero-order chi connectivity index (χ0) is 6.78. The number of aliphatic hydroxyl groups excluding tert-OH is 1. The Morgan fingerprint density at radius 2 is 1.88 bits per heavy atom. The number of hydrogen-bond donors (Lipinski definition) is 1. The number of halogens is 3. The van der Waals surface area contributed by atoms with Crippen LogP contribution in [0, 0.1) is 0 Å². The van der Waals surface area contributed by atoms with E-state index in [1.54, 1.807) is 0 Å². The maximum Gasteiger partial charge on any atom is 0.294 e. The van der Waals surface area contributed by atoms with Crippen LogP contribution in [-0.4, -0.2) is 14.8 Å². The molecule has 0 saturated heterocycles. The van der Waals surface area contributed by atoms with Gasteiger partial charge in [0.1, 0.15) is 0 Å². The fraction of sp³-hybridized carbons (Fsp3) is 1.00. The van der Waals surface area contributed by atoms with Gasteiger partial charge >= 0.3 is 0 Å². The van der Waals surface area contributed by atoms with Gasteiger partial charge < -0.3 is 5.11 Å². The highest BCUT2D eigenvalue weighted by molar-refractivity contribution is 9.72. The fourth-order valence-electron chi connectivity index (χ4n) is 0.231. The molecule has 1 atom stereocenters. The molecule has 0 heterocycles. The monoisotopic (exact) mass is 324 g/mol. The van der Waals surface area contributed by atoms with E-state index in [1.165, 1.54) is 0 Å². The Kier molecular flexibility index (Phi) is 4.45. The van der Waals surface area contributed by atoms with Gasteiger partial charge in [-0.1, -0.05) is 52.8 Å². The summed E-state index contributed by atoms with van der Waals surface area (Å²) in [7, 11) is 0. The minimum Gasteiger partial charge on any atom is -0.393 e. The molecule has 0 aromatic carbocycles. The lowest BCUT2D eigenvalue weighted by atomic mass is 10.5. The minimum absolute atomic E-state index is 0.262. The van der Waals surface area contributed by atoms with Crippen molar-refractivity contribution in [2.75, 3.05) is 0 Å². The van der Waals surface area contributed by atoms with Gasteiger partial charge in [0.25, 0.3) is 3.93 Å². The maximum atomic E-state index is 9.12. The highest BCUT2D eigenvalue weighted by Gasteiger charge is 2.30. The summed E-state index contributed by atoms with van der Waals surface area (Å²) in [6.45, 7) is 1.94. The Labute approximate surface area is 73.6 Å². The molecule has 0 aromatic heterocycles. The molecule has 1 N–H and O–H groups in total. The molecule has 0 aliphatic carbocycles. The van der Waals surface area contributed by atoms with Gasteiger partial charge in [0.2, 0.25) is 0 Å². The van der Waals surface area contributed by atoms with E-state index in [0.29, 0.717) is 0 Å². The Morgan fingerprint density at radius 1 is 1.50 bits per heavy atom. The first kappa shape index (κ1) is 9.62. The zero-order valence-electron chi connectivity index (χ0n) is 4.37. The molecule has 0 radical (unpaired) electrons. The second-order valence-corrected chi connectivity index (χ2v) is 24.1. The molecule has 0 saturated carbocycles. The van der Waals surface area contributed by atoms with Crippen molar-refractivity contribution < 1.29 is 5.11 Å². The van der Waals surface area contributed by atoms with Crippen LogP contribution in [0.4, 0.5) is 0 Å². The van der Waals surface area contributed by atoms with Crippen LogP contribution >= 0.6 is 45.9 Å². The van der Waals surface area contributed by atoms with E-state index in [9.17, 15) is 0 Å². The van der Waals surface area contributed by atoms with Crippen LogP contribution in [0.3, 0.4) is 0 Å². The molecule has 50 valence electrons. The van der Waals surface area contributed by atoms with Crippen LogP contribution in [0.2, 0.25) is 0 Å². The highest BCUT2D eigenvalue weighted by Crippen LogP contribution is 2.32. The summed E-state index contributed by atoms with van der Waals surface area (Å²) in [4.78, 5) is 0. The molecule has 0 aliphatic heterocycles. The van der Waals surface area contributed by atoms with Crippen molar-refractivity contribution in [2.24, 2.45) is 0 Å². The number of rotatable bonds is 2. The van der Waals surface area contributed by atoms with E-state index >= 15 is 0 Å². The summed E-state index contributed by atoms with van der Waals surface area (Å²) >= 11 is 9.98. The summed E-state index contributed by atoms with van der Waals surface area (Å²) in [5, 5.41) is 9.12. The van der Waals surface area contributed by atoms with E-state index in [1.807, 2.05) is 6.92 Å². The summed E-state index contributed by atoms with van der Waals surface area (Å²) in [5.74, 6) is 0. The standard InChI is InChI=1S/C3H7Br3OSi/c1-2-3(7)8(4,5)6/h3,7H,2H2,1H3. The van der Waals surface area contributed by atoms with Crippen LogP contribution in [0.15, 0.2) is 0 Å². The van der Waals surface area contributed by atoms with Gasteiger partial charge in [0, 0.05) is 0 Å². The van der Waals surface area contributed by atoms with Crippen LogP contribution in [0.1, 0.15) is 13.3 Å². The van der Waals surface area contributed by atoms with Crippen molar-refractivity contribution in [3.8, 4) is 0 Å². The molecule has 0 aliphatic rings. The molecule has 1 unspecified atom stereocenters. The van der Waals surface area contributed by atoms with Crippen molar-refractivity contribution in [2.45, 2.75) is 19.1 Å². The molecule has 1 nitrogen and oxygen atoms in total. The van der Waals surface area contributed by atoms with E-state index in [-0.39, 0.29) is 5.73 Å². The maximum absolute atomic E-state index is 9.12. The van der Waals surface area contributed by atoms with Crippen molar-refractivity contribution in [3.05, 3.63) is 0 Å². The molecule has 0 bridgehead atoms. The number of hydrogen-bond acceptors (Lipinski definition) is 1. The molecule has 5 heteroatoms. The number of aliphatic hydroxyl groups is 1. The molecule has 0 amide bonds. The normalized spacial score (nSPS) is 16.1. The van der Waals surface area contributed by atoms with Gasteiger partial charge in [-0.15, -0.1) is 0 Å². The highest BCUT2D eigenvalue weighted by atomic mass is 80.0. The largest absolute Gasteiger partial charge is 0.393 e. The van der Waals surface area contributed by atoms with Crippen molar-refractivity contribution in [3.63, 3.8) is 0 Å². The summed E-state index contributed by atoms with van der Waals surface area (Å²) in [6.07, 6.45) is 0.772. The fourth-order valence-corrected chi connectivity index (χ4v) is 3.61. The van der Waals surface area contributed by atoms with Gasteiger partial charge in [-0.05, 0) is 6.42 Å². The topological polar surface area (TPSA) is 20.2 Å². The van der Waals surface area contributed by atoms with E-state index < -0.39 is 3.93 Å². The summed E-state index contributed by atoms with van der Waals surface area (Å²) in [6, 6.07) is 0. The van der Waals surface area contributed by atoms with Crippen LogP contribution in [-0.2, 0) is 0 Å². The van der Waals surface area contributed by atoms with Gasteiger partial charge in [-0.2, -0.15) is 0 Å². The van der Waals surface area contributed by atoms with E-state index in [0.717, 1.165) is 6.42 Å². The lowest BCUT2D eigenvalue weighted by Gasteiger charge is -2.14. The molecule has 8 heavy (non-hydrogen) atoms. The van der Waals surface area contributed by atoms with Gasteiger partial charge in [0.05, 0.1) is 5.73 Å². The average molecular weight is 327 g/mol. The van der Waals surface area contributed by atoms with Crippen molar-refractivity contribution in [1.29, 1.82) is 0 Å². The third-order valence-corrected chi connectivity index (χ3v) is 6.68. The summed E-state index contributed by atoms with van der Waals surface area (Å²) < 4.78 is -1.77. The van der Waals surface area contributed by atoms with E-state index in [2.05, 4.69) is 45.9 Å². The smallest absolute Gasteiger partial charge is 0.294 e. The first-order valence-electron chi connectivity index (χ1n) is 2.23. The molecule has 0 rings (SSSR count). The third-order valence-electron chi connectivity index (χ3n) is 0.765. The van der Waals surface area contributed by atoms with Crippen LogP contribution < -0.4 is 0 Å². The quantitative estimate of drug-likeness (QED) is 0.610. The minimum atomic E-state index is -1.77. The third kappa shape index (κ3) is 3.61. The molecule has 0 spiro atoms. The molecule has 0 fully saturated rings. The lowest BCUT2D eigenvalue weighted by molar-refractivity contribution is 0.249.